The van der Waals surface area contributed by atoms with E-state index in [4.69, 9.17) is 0 Å². The summed E-state index contributed by atoms with van der Waals surface area (Å²) in [5.41, 5.74) is 3.63. The lowest BCUT2D eigenvalue weighted by atomic mass is 9.95. The number of carbonyl (C=O) groups is 1. The van der Waals surface area contributed by atoms with Gasteiger partial charge in [-0.3, -0.25) is 9.78 Å². The number of likely N-dealkylation sites (tertiary alicyclic amines) is 1. The molecule has 26 heavy (non-hydrogen) atoms. The van der Waals surface area contributed by atoms with Crippen molar-refractivity contribution in [2.45, 2.75) is 44.6 Å². The monoisotopic (exact) mass is 347 g/mol. The number of carbonyl (C=O) groups excluding carboxylic acids is 1. The van der Waals surface area contributed by atoms with Crippen molar-refractivity contribution >= 4 is 16.8 Å². The van der Waals surface area contributed by atoms with E-state index in [1.54, 1.807) is 6.20 Å². The van der Waals surface area contributed by atoms with E-state index in [2.05, 4.69) is 45.3 Å². The van der Waals surface area contributed by atoms with Gasteiger partial charge in [0.1, 0.15) is 0 Å². The summed E-state index contributed by atoms with van der Waals surface area (Å²) < 4.78 is 0. The maximum absolute atomic E-state index is 12.9. The van der Waals surface area contributed by atoms with Gasteiger partial charge in [0.25, 0.3) is 0 Å². The number of benzene rings is 1. The van der Waals surface area contributed by atoms with Crippen LogP contribution in [0, 0.1) is 0 Å². The number of pyridine rings is 1. The number of fused-ring (bicyclic) bond motifs is 1. The van der Waals surface area contributed by atoms with Crippen LogP contribution in [0.1, 0.15) is 49.3 Å². The second-order valence-electron chi connectivity index (χ2n) is 7.10. The van der Waals surface area contributed by atoms with Gasteiger partial charge in [0.2, 0.25) is 5.91 Å². The Morgan fingerprint density at radius 3 is 3.00 bits per heavy atom. The third-order valence-electron chi connectivity index (χ3n) is 5.40. The van der Waals surface area contributed by atoms with Crippen LogP contribution in [0.25, 0.3) is 10.9 Å². The summed E-state index contributed by atoms with van der Waals surface area (Å²) >= 11 is 0. The highest BCUT2D eigenvalue weighted by atomic mass is 16.2. The first-order chi connectivity index (χ1) is 12.8. The molecule has 2 aromatic heterocycles. The van der Waals surface area contributed by atoms with E-state index in [1.807, 2.05) is 18.3 Å². The first kappa shape index (κ1) is 16.8. The van der Waals surface area contributed by atoms with Gasteiger partial charge in [-0.05, 0) is 55.4 Å². The Kier molecular flexibility index (Phi) is 5.00. The quantitative estimate of drug-likeness (QED) is 0.731. The van der Waals surface area contributed by atoms with Gasteiger partial charge >= 0.3 is 0 Å². The van der Waals surface area contributed by atoms with E-state index >= 15 is 0 Å². The summed E-state index contributed by atoms with van der Waals surface area (Å²) in [4.78, 5) is 22.5. The molecule has 0 saturated carbocycles. The zero-order chi connectivity index (χ0) is 17.8. The van der Waals surface area contributed by atoms with E-state index in [1.165, 1.54) is 22.9 Å². The molecule has 1 fully saturated rings. The summed E-state index contributed by atoms with van der Waals surface area (Å²) in [6.45, 7) is 0.867. The molecule has 4 nitrogen and oxygen atoms in total. The van der Waals surface area contributed by atoms with Crippen molar-refractivity contribution in [3.63, 3.8) is 0 Å². The predicted molar refractivity (Wildman–Crippen MR) is 104 cm³/mol. The predicted octanol–water partition coefficient (Wildman–Crippen LogP) is 4.64. The average Bonchev–Trinajstić information content (AvgIpc) is 3.12. The van der Waals surface area contributed by atoms with Gasteiger partial charge < -0.3 is 9.88 Å². The summed E-state index contributed by atoms with van der Waals surface area (Å²) in [6, 6.07) is 12.6. The molecule has 0 radical (unpaired) electrons. The molecular formula is C22H25N3O. The maximum atomic E-state index is 12.9. The van der Waals surface area contributed by atoms with Crippen molar-refractivity contribution in [1.82, 2.24) is 14.9 Å². The minimum Gasteiger partial charge on any atom is -0.361 e. The minimum atomic E-state index is 0.193. The van der Waals surface area contributed by atoms with Gasteiger partial charge in [-0.15, -0.1) is 0 Å². The maximum Gasteiger partial charge on any atom is 0.223 e. The van der Waals surface area contributed by atoms with Crippen LogP contribution in [0.4, 0.5) is 0 Å². The number of amides is 1. The zero-order valence-electron chi connectivity index (χ0n) is 15.0. The van der Waals surface area contributed by atoms with Crippen LogP contribution >= 0.6 is 0 Å². The molecule has 4 rings (SSSR count). The number of nitrogens with one attached hydrogen (secondary N) is 1. The molecule has 1 atom stereocenters. The molecule has 0 spiro atoms. The van der Waals surface area contributed by atoms with E-state index in [0.29, 0.717) is 6.42 Å². The fraction of sp³-hybridized carbons (Fsp3) is 0.364. The lowest BCUT2D eigenvalue weighted by molar-refractivity contribution is -0.135. The number of H-pyrrole nitrogens is 1. The fourth-order valence-corrected chi connectivity index (χ4v) is 4.06. The van der Waals surface area contributed by atoms with Crippen molar-refractivity contribution in [2.24, 2.45) is 0 Å². The number of aryl methyl sites for hydroxylation is 1. The molecule has 3 aromatic rings. The Balaban J connectivity index is 1.39. The number of aromatic amines is 1. The molecular weight excluding hydrogens is 322 g/mol. The van der Waals surface area contributed by atoms with Gasteiger partial charge in [-0.25, -0.2) is 0 Å². The van der Waals surface area contributed by atoms with Gasteiger partial charge in [0, 0.05) is 42.5 Å². The Morgan fingerprint density at radius 1 is 1.19 bits per heavy atom. The standard InChI is InChI=1S/C22H25N3O/c26-22(12-5-7-17-16-24-20-10-2-1-9-19(17)20)25-14-4-3-11-21(25)18-8-6-13-23-15-18/h1-2,6,8-10,13,15-16,21,24H,3-5,7,11-12,14H2/t21-/m0/s1. The van der Waals surface area contributed by atoms with Crippen molar-refractivity contribution < 1.29 is 4.79 Å². The molecule has 1 aliphatic heterocycles. The van der Waals surface area contributed by atoms with E-state index < -0.39 is 0 Å². The molecule has 1 aliphatic rings. The second-order valence-corrected chi connectivity index (χ2v) is 7.10. The van der Waals surface area contributed by atoms with Gasteiger partial charge in [0.15, 0.2) is 0 Å². The highest BCUT2D eigenvalue weighted by Gasteiger charge is 2.27. The zero-order valence-corrected chi connectivity index (χ0v) is 15.0. The molecule has 1 N–H and O–H groups in total. The van der Waals surface area contributed by atoms with Gasteiger partial charge in [-0.2, -0.15) is 0 Å². The molecule has 0 unspecified atom stereocenters. The first-order valence-corrected chi connectivity index (χ1v) is 9.57. The molecule has 1 amide bonds. The highest BCUT2D eigenvalue weighted by Crippen LogP contribution is 2.31. The molecule has 0 bridgehead atoms. The molecule has 1 saturated heterocycles. The SMILES string of the molecule is O=C(CCCc1c[nH]c2ccccc12)N1CCCC[C@H]1c1cccnc1. The minimum absolute atomic E-state index is 0.193. The number of nitrogens with zero attached hydrogens (tertiary/aromatic N) is 2. The Hall–Kier alpha value is -2.62. The molecule has 4 heteroatoms. The largest absolute Gasteiger partial charge is 0.361 e. The lowest BCUT2D eigenvalue weighted by Crippen LogP contribution is -2.38. The number of aromatic nitrogens is 2. The Morgan fingerprint density at radius 2 is 2.12 bits per heavy atom. The Labute approximate surface area is 154 Å². The molecule has 3 heterocycles. The summed E-state index contributed by atoms with van der Waals surface area (Å²) in [7, 11) is 0. The van der Waals surface area contributed by atoms with E-state index in [0.717, 1.165) is 37.8 Å². The summed E-state index contributed by atoms with van der Waals surface area (Å²) in [5, 5.41) is 1.27. The van der Waals surface area contributed by atoms with Crippen LogP contribution < -0.4 is 0 Å². The number of hydrogen-bond donors (Lipinski definition) is 1. The van der Waals surface area contributed by atoms with Crippen LogP contribution in [0.3, 0.4) is 0 Å². The Bertz CT molecular complexity index is 871. The van der Waals surface area contributed by atoms with Crippen LogP contribution in [0.15, 0.2) is 55.0 Å². The number of para-hydroxylation sites is 1. The van der Waals surface area contributed by atoms with Crippen molar-refractivity contribution in [2.75, 3.05) is 6.54 Å². The molecule has 0 aliphatic carbocycles. The highest BCUT2D eigenvalue weighted by molar-refractivity contribution is 5.83. The fourth-order valence-electron chi connectivity index (χ4n) is 4.06. The normalized spacial score (nSPS) is 17.5. The molecule has 1 aromatic carbocycles. The first-order valence-electron chi connectivity index (χ1n) is 9.57. The third-order valence-corrected chi connectivity index (χ3v) is 5.40. The van der Waals surface area contributed by atoms with Crippen LogP contribution in [0.2, 0.25) is 0 Å². The van der Waals surface area contributed by atoms with E-state index in [9.17, 15) is 4.79 Å². The third kappa shape index (κ3) is 3.50. The van der Waals surface area contributed by atoms with Crippen LogP contribution in [0.5, 0.6) is 0 Å². The topological polar surface area (TPSA) is 49.0 Å². The number of piperidine rings is 1. The van der Waals surface area contributed by atoms with Gasteiger partial charge in [0.05, 0.1) is 6.04 Å². The summed E-state index contributed by atoms with van der Waals surface area (Å²) in [5.74, 6) is 0.276. The summed E-state index contributed by atoms with van der Waals surface area (Å²) in [6.07, 6.45) is 11.5. The average molecular weight is 347 g/mol. The smallest absolute Gasteiger partial charge is 0.223 e. The van der Waals surface area contributed by atoms with Crippen molar-refractivity contribution in [3.8, 4) is 0 Å². The van der Waals surface area contributed by atoms with Crippen molar-refractivity contribution in [1.29, 1.82) is 0 Å². The van der Waals surface area contributed by atoms with Crippen LogP contribution in [-0.4, -0.2) is 27.3 Å². The lowest BCUT2D eigenvalue weighted by Gasteiger charge is -2.36. The molecule has 134 valence electrons. The number of rotatable bonds is 5. The van der Waals surface area contributed by atoms with Gasteiger partial charge in [-0.1, -0.05) is 24.3 Å². The van der Waals surface area contributed by atoms with Crippen molar-refractivity contribution in [3.05, 3.63) is 66.1 Å². The number of hydrogen-bond acceptors (Lipinski definition) is 2. The van der Waals surface area contributed by atoms with Crippen LogP contribution in [-0.2, 0) is 11.2 Å². The van der Waals surface area contributed by atoms with E-state index in [-0.39, 0.29) is 11.9 Å². The second kappa shape index (κ2) is 7.73.